The van der Waals surface area contributed by atoms with Gasteiger partial charge in [0.15, 0.2) is 9.84 Å². The largest absolute Gasteiger partial charge is 0.495 e. The smallest absolute Gasteiger partial charge is 0.152 e. The van der Waals surface area contributed by atoms with E-state index in [2.05, 4.69) is 4.90 Å². The third-order valence-corrected chi connectivity index (χ3v) is 5.23. The van der Waals surface area contributed by atoms with E-state index in [0.29, 0.717) is 35.4 Å². The first-order valence-electron chi connectivity index (χ1n) is 5.86. The van der Waals surface area contributed by atoms with Gasteiger partial charge in [0.2, 0.25) is 0 Å². The second-order valence-electron chi connectivity index (χ2n) is 4.51. The summed E-state index contributed by atoms with van der Waals surface area (Å²) >= 11 is 12.1. The van der Waals surface area contributed by atoms with Gasteiger partial charge in [0, 0.05) is 30.2 Å². The lowest BCUT2D eigenvalue weighted by molar-refractivity contribution is 0.282. The predicted molar refractivity (Wildman–Crippen MR) is 76.9 cm³/mol. The van der Waals surface area contributed by atoms with Crippen LogP contribution >= 0.6 is 23.2 Å². The van der Waals surface area contributed by atoms with Crippen LogP contribution in [0.1, 0.15) is 5.56 Å². The van der Waals surface area contributed by atoms with Gasteiger partial charge in [-0.05, 0) is 12.1 Å². The number of nitrogens with zero attached hydrogens (tertiary/aromatic N) is 1. The van der Waals surface area contributed by atoms with Crippen LogP contribution in [0, 0.1) is 0 Å². The fraction of sp³-hybridized carbons (Fsp3) is 0.500. The molecule has 1 fully saturated rings. The monoisotopic (exact) mass is 323 g/mol. The molecule has 1 aromatic carbocycles. The van der Waals surface area contributed by atoms with Gasteiger partial charge in [0.25, 0.3) is 0 Å². The van der Waals surface area contributed by atoms with Crippen LogP contribution in [-0.2, 0) is 16.4 Å². The number of methoxy groups -OCH3 is 1. The molecule has 0 radical (unpaired) electrons. The minimum atomic E-state index is -2.87. The molecule has 1 aliphatic rings. The Morgan fingerprint density at radius 2 is 1.89 bits per heavy atom. The van der Waals surface area contributed by atoms with Gasteiger partial charge in [0.1, 0.15) is 5.75 Å². The van der Waals surface area contributed by atoms with Crippen LogP contribution in [0.4, 0.5) is 0 Å². The highest BCUT2D eigenvalue weighted by atomic mass is 35.5. The molecular formula is C12H15Cl2NO3S. The third kappa shape index (κ3) is 3.75. The Hall–Kier alpha value is -0.490. The zero-order valence-corrected chi connectivity index (χ0v) is 12.9. The second-order valence-corrected chi connectivity index (χ2v) is 7.66. The van der Waals surface area contributed by atoms with E-state index in [4.69, 9.17) is 27.9 Å². The summed E-state index contributed by atoms with van der Waals surface area (Å²) in [5, 5.41) is 1.01. The molecule has 106 valence electrons. The van der Waals surface area contributed by atoms with Crippen LogP contribution in [-0.4, -0.2) is 45.0 Å². The Labute approximate surface area is 123 Å². The minimum absolute atomic E-state index is 0.198. The number of hydrogen-bond donors (Lipinski definition) is 0. The lowest BCUT2D eigenvalue weighted by Crippen LogP contribution is -2.39. The number of halogens is 2. The summed E-state index contributed by atoms with van der Waals surface area (Å²) in [6, 6.07) is 3.43. The maximum absolute atomic E-state index is 11.4. The van der Waals surface area contributed by atoms with E-state index in [1.165, 1.54) is 0 Å². The summed E-state index contributed by atoms with van der Waals surface area (Å²) < 4.78 is 28.1. The summed E-state index contributed by atoms with van der Waals surface area (Å²) in [6.07, 6.45) is 0. The first-order chi connectivity index (χ1) is 8.91. The molecule has 1 aromatic rings. The van der Waals surface area contributed by atoms with E-state index in [9.17, 15) is 8.42 Å². The molecule has 0 amide bonds. The van der Waals surface area contributed by atoms with Crippen LogP contribution in [0.3, 0.4) is 0 Å². The van der Waals surface area contributed by atoms with Crippen molar-refractivity contribution in [2.45, 2.75) is 6.54 Å². The molecule has 1 saturated heterocycles. The van der Waals surface area contributed by atoms with Crippen molar-refractivity contribution in [2.24, 2.45) is 0 Å². The number of sulfone groups is 1. The molecule has 0 saturated carbocycles. The van der Waals surface area contributed by atoms with E-state index in [1.807, 2.05) is 0 Å². The van der Waals surface area contributed by atoms with E-state index in [-0.39, 0.29) is 11.5 Å². The molecule has 0 bridgehead atoms. The number of ether oxygens (including phenoxy) is 1. The highest BCUT2D eigenvalue weighted by Crippen LogP contribution is 2.33. The molecule has 2 rings (SSSR count). The van der Waals surface area contributed by atoms with E-state index in [0.717, 1.165) is 5.56 Å². The van der Waals surface area contributed by atoms with Crippen molar-refractivity contribution in [3.05, 3.63) is 27.7 Å². The first-order valence-corrected chi connectivity index (χ1v) is 8.44. The van der Waals surface area contributed by atoms with Gasteiger partial charge in [-0.1, -0.05) is 23.2 Å². The van der Waals surface area contributed by atoms with Gasteiger partial charge in [-0.25, -0.2) is 8.42 Å². The summed E-state index contributed by atoms with van der Waals surface area (Å²) in [5.74, 6) is 0.993. The Morgan fingerprint density at radius 1 is 1.26 bits per heavy atom. The van der Waals surface area contributed by atoms with Crippen LogP contribution in [0.15, 0.2) is 12.1 Å². The summed E-state index contributed by atoms with van der Waals surface area (Å²) in [6.45, 7) is 1.63. The summed E-state index contributed by atoms with van der Waals surface area (Å²) in [7, 11) is -1.31. The van der Waals surface area contributed by atoms with Gasteiger partial charge < -0.3 is 4.74 Å². The zero-order chi connectivity index (χ0) is 14.0. The topological polar surface area (TPSA) is 46.6 Å². The predicted octanol–water partition coefficient (Wildman–Crippen LogP) is 2.23. The number of rotatable bonds is 3. The Kier molecular flexibility index (Phi) is 4.61. The van der Waals surface area contributed by atoms with E-state index >= 15 is 0 Å². The summed E-state index contributed by atoms with van der Waals surface area (Å²) in [4.78, 5) is 2.06. The number of hydrogen-bond acceptors (Lipinski definition) is 4. The first kappa shape index (κ1) is 14.9. The Morgan fingerprint density at radius 3 is 2.47 bits per heavy atom. The average Bonchev–Trinajstić information content (AvgIpc) is 2.31. The molecule has 1 heterocycles. The SMILES string of the molecule is COc1c(Cl)cc(Cl)cc1CN1CCS(=O)(=O)CC1. The molecule has 4 nitrogen and oxygen atoms in total. The van der Waals surface area contributed by atoms with Crippen molar-refractivity contribution in [3.63, 3.8) is 0 Å². The molecule has 0 atom stereocenters. The Balaban J connectivity index is 2.15. The summed E-state index contributed by atoms with van der Waals surface area (Å²) in [5.41, 5.74) is 0.874. The molecule has 0 spiro atoms. The Bertz CT molecular complexity index is 561. The van der Waals surface area contributed by atoms with Gasteiger partial charge in [0.05, 0.1) is 23.6 Å². The molecule has 1 aliphatic heterocycles. The van der Waals surface area contributed by atoms with Crippen molar-refractivity contribution >= 4 is 33.0 Å². The lowest BCUT2D eigenvalue weighted by atomic mass is 10.2. The highest BCUT2D eigenvalue weighted by Gasteiger charge is 2.22. The normalized spacial score (nSPS) is 19.3. The van der Waals surface area contributed by atoms with Crippen LogP contribution in [0.2, 0.25) is 10.0 Å². The quantitative estimate of drug-likeness (QED) is 0.855. The molecule has 0 N–H and O–H groups in total. The highest BCUT2D eigenvalue weighted by molar-refractivity contribution is 7.91. The third-order valence-electron chi connectivity index (χ3n) is 3.12. The van der Waals surface area contributed by atoms with Gasteiger partial charge in [-0.3, -0.25) is 4.90 Å². The molecule has 0 aromatic heterocycles. The van der Waals surface area contributed by atoms with E-state index in [1.54, 1.807) is 19.2 Å². The van der Waals surface area contributed by atoms with Crippen molar-refractivity contribution in [2.75, 3.05) is 31.7 Å². The molecule has 19 heavy (non-hydrogen) atoms. The lowest BCUT2D eigenvalue weighted by Gasteiger charge is -2.27. The van der Waals surface area contributed by atoms with Crippen molar-refractivity contribution in [3.8, 4) is 5.75 Å². The van der Waals surface area contributed by atoms with Crippen LogP contribution in [0.5, 0.6) is 5.75 Å². The minimum Gasteiger partial charge on any atom is -0.495 e. The fourth-order valence-corrected chi connectivity index (χ4v) is 4.00. The molecule has 7 heteroatoms. The van der Waals surface area contributed by atoms with Gasteiger partial charge in [-0.15, -0.1) is 0 Å². The van der Waals surface area contributed by atoms with Crippen molar-refractivity contribution in [1.82, 2.24) is 4.90 Å². The van der Waals surface area contributed by atoms with E-state index < -0.39 is 9.84 Å². The van der Waals surface area contributed by atoms with Crippen molar-refractivity contribution in [1.29, 1.82) is 0 Å². The van der Waals surface area contributed by atoms with Crippen molar-refractivity contribution < 1.29 is 13.2 Å². The maximum Gasteiger partial charge on any atom is 0.152 e. The maximum atomic E-state index is 11.4. The zero-order valence-electron chi connectivity index (χ0n) is 10.5. The van der Waals surface area contributed by atoms with Gasteiger partial charge in [-0.2, -0.15) is 0 Å². The molecular weight excluding hydrogens is 309 g/mol. The standard InChI is InChI=1S/C12H15Cl2NO3S/c1-18-12-9(6-10(13)7-11(12)14)8-15-2-4-19(16,17)5-3-15/h6-7H,2-5,8H2,1H3. The molecule has 0 aliphatic carbocycles. The van der Waals surface area contributed by atoms with Crippen LogP contribution < -0.4 is 4.74 Å². The fourth-order valence-electron chi connectivity index (χ4n) is 2.11. The molecule has 0 unspecified atom stereocenters. The van der Waals surface area contributed by atoms with Gasteiger partial charge >= 0.3 is 0 Å². The average molecular weight is 324 g/mol. The second kappa shape index (κ2) is 5.87. The number of benzene rings is 1. The van der Waals surface area contributed by atoms with Crippen LogP contribution in [0.25, 0.3) is 0 Å².